The Hall–Kier alpha value is -0.500. The number of benzene rings is 1. The Labute approximate surface area is 134 Å². The third-order valence-electron chi connectivity index (χ3n) is 3.71. The summed E-state index contributed by atoms with van der Waals surface area (Å²) < 4.78 is 40.1. The van der Waals surface area contributed by atoms with Gasteiger partial charge in [-0.25, -0.2) is 12.8 Å². The Morgan fingerprint density at radius 3 is 2.48 bits per heavy atom. The lowest BCUT2D eigenvalue weighted by atomic mass is 9.98. The highest BCUT2D eigenvalue weighted by molar-refractivity contribution is 9.10. The van der Waals surface area contributed by atoms with E-state index < -0.39 is 15.8 Å². The topological polar surface area (TPSA) is 40.6 Å². The third kappa shape index (κ3) is 4.03. The van der Waals surface area contributed by atoms with Gasteiger partial charge in [0.15, 0.2) is 0 Å². The zero-order valence-electron chi connectivity index (χ0n) is 12.2. The van der Waals surface area contributed by atoms with Crippen molar-refractivity contribution >= 4 is 26.0 Å². The first-order valence-electron chi connectivity index (χ1n) is 6.90. The van der Waals surface area contributed by atoms with Gasteiger partial charge in [-0.3, -0.25) is 0 Å². The zero-order valence-corrected chi connectivity index (χ0v) is 14.6. The van der Waals surface area contributed by atoms with Crippen molar-refractivity contribution in [2.75, 3.05) is 33.7 Å². The van der Waals surface area contributed by atoms with Crippen molar-refractivity contribution in [3.05, 3.63) is 28.5 Å². The van der Waals surface area contributed by atoms with Crippen molar-refractivity contribution in [3.63, 3.8) is 0 Å². The van der Waals surface area contributed by atoms with Crippen molar-refractivity contribution in [3.8, 4) is 0 Å². The van der Waals surface area contributed by atoms with Gasteiger partial charge in [-0.2, -0.15) is 4.31 Å². The highest BCUT2D eigenvalue weighted by Gasteiger charge is 2.30. The maximum Gasteiger partial charge on any atom is 0.244 e. The van der Waals surface area contributed by atoms with Crippen LogP contribution in [-0.2, 0) is 10.0 Å². The fourth-order valence-corrected chi connectivity index (χ4v) is 5.15. The SMILES string of the molecule is CN(C)CC1CCN(S(=O)(=O)c2ccc(F)cc2Br)CC1. The van der Waals surface area contributed by atoms with Crippen LogP contribution in [0.25, 0.3) is 0 Å². The molecule has 1 fully saturated rings. The molecule has 7 heteroatoms. The van der Waals surface area contributed by atoms with Crippen LogP contribution < -0.4 is 0 Å². The normalized spacial score (nSPS) is 18.3. The van der Waals surface area contributed by atoms with Crippen LogP contribution in [0.5, 0.6) is 0 Å². The molecule has 0 aromatic heterocycles. The van der Waals surface area contributed by atoms with Gasteiger partial charge >= 0.3 is 0 Å². The van der Waals surface area contributed by atoms with Crippen LogP contribution in [0.3, 0.4) is 0 Å². The first-order chi connectivity index (χ1) is 9.80. The quantitative estimate of drug-likeness (QED) is 0.808. The number of hydrogen-bond acceptors (Lipinski definition) is 3. The van der Waals surface area contributed by atoms with Gasteiger partial charge in [0.05, 0.1) is 4.90 Å². The summed E-state index contributed by atoms with van der Waals surface area (Å²) in [5.41, 5.74) is 0. The smallest absolute Gasteiger partial charge is 0.244 e. The first-order valence-corrected chi connectivity index (χ1v) is 9.14. The first kappa shape index (κ1) is 16.9. The van der Waals surface area contributed by atoms with Gasteiger partial charge in [0.25, 0.3) is 0 Å². The fourth-order valence-electron chi connectivity index (χ4n) is 2.67. The van der Waals surface area contributed by atoms with Crippen LogP contribution in [0.15, 0.2) is 27.6 Å². The van der Waals surface area contributed by atoms with E-state index in [1.54, 1.807) is 0 Å². The Morgan fingerprint density at radius 1 is 1.33 bits per heavy atom. The van der Waals surface area contributed by atoms with Gasteiger partial charge in [0, 0.05) is 24.1 Å². The molecule has 1 heterocycles. The average Bonchev–Trinajstić information content (AvgIpc) is 2.38. The Kier molecular flexibility index (Phi) is 5.40. The highest BCUT2D eigenvalue weighted by atomic mass is 79.9. The lowest BCUT2D eigenvalue weighted by Gasteiger charge is -2.32. The second-order valence-corrected chi connectivity index (χ2v) is 8.45. The van der Waals surface area contributed by atoms with Gasteiger partial charge < -0.3 is 4.90 Å². The molecular weight excluding hydrogens is 359 g/mol. The lowest BCUT2D eigenvalue weighted by Crippen LogP contribution is -2.40. The molecule has 0 atom stereocenters. The summed E-state index contributed by atoms with van der Waals surface area (Å²) >= 11 is 3.14. The molecule has 2 rings (SSSR count). The predicted molar refractivity (Wildman–Crippen MR) is 84.1 cm³/mol. The lowest BCUT2D eigenvalue weighted by molar-refractivity contribution is 0.225. The molecule has 0 unspecified atom stereocenters. The molecule has 1 saturated heterocycles. The summed E-state index contributed by atoms with van der Waals surface area (Å²) in [5, 5.41) is 0. The Morgan fingerprint density at radius 2 is 1.95 bits per heavy atom. The Balaban J connectivity index is 2.11. The maximum atomic E-state index is 13.1. The summed E-state index contributed by atoms with van der Waals surface area (Å²) in [5.74, 6) is 0.0774. The molecule has 1 aliphatic heterocycles. The average molecular weight is 379 g/mol. The number of rotatable bonds is 4. The molecular formula is C14H20BrFN2O2S. The van der Waals surface area contributed by atoms with E-state index in [1.807, 2.05) is 14.1 Å². The van der Waals surface area contributed by atoms with Gasteiger partial charge in [-0.15, -0.1) is 0 Å². The molecule has 1 aromatic rings. The second-order valence-electron chi connectivity index (χ2n) is 5.68. The maximum absolute atomic E-state index is 13.1. The van der Waals surface area contributed by atoms with Crippen LogP contribution >= 0.6 is 15.9 Å². The predicted octanol–water partition coefficient (Wildman–Crippen LogP) is 2.55. The summed E-state index contributed by atoms with van der Waals surface area (Å²) in [4.78, 5) is 2.26. The summed E-state index contributed by atoms with van der Waals surface area (Å²) in [6.45, 7) is 2.02. The highest BCUT2D eigenvalue weighted by Crippen LogP contribution is 2.29. The number of hydrogen-bond donors (Lipinski definition) is 0. The molecule has 0 radical (unpaired) electrons. The van der Waals surface area contributed by atoms with Crippen molar-refractivity contribution in [1.82, 2.24) is 9.21 Å². The zero-order chi connectivity index (χ0) is 15.6. The standard InChI is InChI=1S/C14H20BrFN2O2S/c1-17(2)10-11-5-7-18(8-6-11)21(19,20)14-4-3-12(16)9-13(14)15/h3-4,9,11H,5-8,10H2,1-2H3. The molecule has 118 valence electrons. The Bertz CT molecular complexity index is 599. The fraction of sp³-hybridized carbons (Fsp3) is 0.571. The van der Waals surface area contributed by atoms with Crippen LogP contribution in [0.1, 0.15) is 12.8 Å². The van der Waals surface area contributed by atoms with Crippen molar-refractivity contribution in [1.29, 1.82) is 0 Å². The summed E-state index contributed by atoms with van der Waals surface area (Å²) in [6, 6.07) is 3.68. The second kappa shape index (κ2) is 6.73. The van der Waals surface area contributed by atoms with E-state index in [0.717, 1.165) is 19.4 Å². The van der Waals surface area contributed by atoms with Crippen LogP contribution in [-0.4, -0.2) is 51.4 Å². The van der Waals surface area contributed by atoms with Gasteiger partial charge in [-0.1, -0.05) is 0 Å². The molecule has 0 amide bonds. The number of sulfonamides is 1. The molecule has 0 saturated carbocycles. The van der Waals surface area contributed by atoms with E-state index in [1.165, 1.54) is 22.5 Å². The minimum atomic E-state index is -3.56. The largest absolute Gasteiger partial charge is 0.309 e. The number of nitrogens with zero attached hydrogens (tertiary/aromatic N) is 2. The van der Waals surface area contributed by atoms with Gasteiger partial charge in [0.1, 0.15) is 5.82 Å². The van der Waals surface area contributed by atoms with E-state index >= 15 is 0 Å². The monoisotopic (exact) mass is 378 g/mol. The van der Waals surface area contributed by atoms with Crippen molar-refractivity contribution < 1.29 is 12.8 Å². The minimum Gasteiger partial charge on any atom is -0.309 e. The van der Waals surface area contributed by atoms with E-state index in [-0.39, 0.29) is 9.37 Å². The van der Waals surface area contributed by atoms with Crippen molar-refractivity contribution in [2.24, 2.45) is 5.92 Å². The molecule has 1 aliphatic rings. The number of halogens is 2. The molecule has 0 N–H and O–H groups in total. The molecule has 1 aromatic carbocycles. The van der Waals surface area contributed by atoms with E-state index in [4.69, 9.17) is 0 Å². The van der Waals surface area contributed by atoms with E-state index in [0.29, 0.717) is 19.0 Å². The number of piperidine rings is 1. The molecule has 0 bridgehead atoms. The molecule has 0 spiro atoms. The summed E-state index contributed by atoms with van der Waals surface area (Å²) in [6.07, 6.45) is 1.71. The molecule has 0 aliphatic carbocycles. The van der Waals surface area contributed by atoms with E-state index in [2.05, 4.69) is 20.8 Å². The van der Waals surface area contributed by atoms with Gasteiger partial charge in [-0.05, 0) is 67.0 Å². The van der Waals surface area contributed by atoms with Gasteiger partial charge in [0.2, 0.25) is 10.0 Å². The van der Waals surface area contributed by atoms with E-state index in [9.17, 15) is 12.8 Å². The van der Waals surface area contributed by atoms with Crippen LogP contribution in [0, 0.1) is 11.7 Å². The summed E-state index contributed by atoms with van der Waals surface area (Å²) in [7, 11) is 0.498. The minimum absolute atomic E-state index is 0.134. The third-order valence-corrected chi connectivity index (χ3v) is 6.58. The van der Waals surface area contributed by atoms with Crippen LogP contribution in [0.4, 0.5) is 4.39 Å². The molecule has 21 heavy (non-hydrogen) atoms. The van der Waals surface area contributed by atoms with Crippen LogP contribution in [0.2, 0.25) is 0 Å². The van der Waals surface area contributed by atoms with Crippen molar-refractivity contribution in [2.45, 2.75) is 17.7 Å². The molecule has 4 nitrogen and oxygen atoms in total.